The molecule has 2 amide bonds. The summed E-state index contributed by atoms with van der Waals surface area (Å²) in [7, 11) is 1.53. The number of nitrogens with one attached hydrogen (secondary N) is 1. The largest absolute Gasteiger partial charge is 0.480 e. The molecule has 1 aliphatic rings. The third-order valence-electron chi connectivity index (χ3n) is 5.25. The molecular formula is C23H26N4O3. The molecule has 4 rings (SSSR count). The smallest absolute Gasteiger partial charge is 0.322 e. The van der Waals surface area contributed by atoms with Gasteiger partial charge in [0.15, 0.2) is 0 Å². The fraction of sp³-hybridized carbons (Fsp3) is 0.348. The van der Waals surface area contributed by atoms with Gasteiger partial charge in [-0.05, 0) is 25.0 Å². The van der Waals surface area contributed by atoms with Crippen LogP contribution in [0.25, 0.3) is 11.3 Å². The van der Waals surface area contributed by atoms with Crippen molar-refractivity contribution in [3.8, 4) is 17.1 Å². The normalized spacial score (nSPS) is 16.1. The summed E-state index contributed by atoms with van der Waals surface area (Å²) < 4.78 is 11.5. The number of aromatic nitrogens is 2. The predicted octanol–water partition coefficient (Wildman–Crippen LogP) is 5.24. The minimum absolute atomic E-state index is 0.185. The molecule has 0 radical (unpaired) electrons. The molecule has 0 saturated carbocycles. The van der Waals surface area contributed by atoms with E-state index >= 15 is 0 Å². The van der Waals surface area contributed by atoms with Crippen molar-refractivity contribution in [2.45, 2.75) is 38.6 Å². The summed E-state index contributed by atoms with van der Waals surface area (Å²) >= 11 is 0. The molecule has 3 heterocycles. The second-order valence-corrected chi connectivity index (χ2v) is 7.63. The highest BCUT2D eigenvalue weighted by Gasteiger charge is 2.35. The van der Waals surface area contributed by atoms with Crippen LogP contribution in [0.15, 0.2) is 53.1 Å². The van der Waals surface area contributed by atoms with Crippen LogP contribution >= 0.6 is 0 Å². The van der Waals surface area contributed by atoms with Gasteiger partial charge in [0, 0.05) is 24.2 Å². The number of amides is 2. The maximum atomic E-state index is 13.0. The van der Waals surface area contributed by atoms with E-state index < -0.39 is 0 Å². The van der Waals surface area contributed by atoms with Crippen LogP contribution in [0.2, 0.25) is 0 Å². The number of ether oxygens (including phenoxy) is 1. The number of carbonyl (C=O) groups is 1. The van der Waals surface area contributed by atoms with Gasteiger partial charge < -0.3 is 19.4 Å². The van der Waals surface area contributed by atoms with Crippen LogP contribution in [0, 0.1) is 0 Å². The average Bonchev–Trinajstić information content (AvgIpc) is 3.42. The van der Waals surface area contributed by atoms with E-state index in [4.69, 9.17) is 14.1 Å². The van der Waals surface area contributed by atoms with Crippen molar-refractivity contribution in [1.82, 2.24) is 14.9 Å². The lowest BCUT2D eigenvalue weighted by Crippen LogP contribution is -2.34. The van der Waals surface area contributed by atoms with Crippen LogP contribution in [0.5, 0.6) is 5.88 Å². The van der Waals surface area contributed by atoms with Gasteiger partial charge in [-0.2, -0.15) is 0 Å². The standard InChI is InChI=1S/C23H26N4O3/c1-15(2)20-19(16-9-5-4-6-10-16)26-22(30-20)18-12-8-14-27(18)23(28)25-17-11-7-13-24-21(17)29-3/h4-7,9-11,13,15,18H,8,12,14H2,1-3H3,(H,25,28)/t18-/m0/s1. The summed E-state index contributed by atoms with van der Waals surface area (Å²) in [5.41, 5.74) is 2.41. The quantitative estimate of drug-likeness (QED) is 0.627. The van der Waals surface area contributed by atoms with Gasteiger partial charge in [0.25, 0.3) is 0 Å². The van der Waals surface area contributed by atoms with E-state index in [0.29, 0.717) is 24.0 Å². The zero-order valence-corrected chi connectivity index (χ0v) is 17.5. The lowest BCUT2D eigenvalue weighted by Gasteiger charge is -2.23. The topological polar surface area (TPSA) is 80.5 Å². The molecule has 1 aliphatic heterocycles. The number of oxazole rings is 1. The van der Waals surface area contributed by atoms with Crippen LogP contribution in [0.1, 0.15) is 50.3 Å². The number of hydrogen-bond acceptors (Lipinski definition) is 5. The number of urea groups is 1. The molecule has 3 aromatic rings. The van der Waals surface area contributed by atoms with Crippen molar-refractivity contribution in [3.63, 3.8) is 0 Å². The van der Waals surface area contributed by atoms with Crippen molar-refractivity contribution in [2.75, 3.05) is 19.0 Å². The van der Waals surface area contributed by atoms with Gasteiger partial charge in [-0.15, -0.1) is 0 Å². The summed E-state index contributed by atoms with van der Waals surface area (Å²) in [6.45, 7) is 4.81. The maximum absolute atomic E-state index is 13.0. The lowest BCUT2D eigenvalue weighted by molar-refractivity contribution is 0.196. The Morgan fingerprint density at radius 3 is 2.77 bits per heavy atom. The monoisotopic (exact) mass is 406 g/mol. The van der Waals surface area contributed by atoms with Gasteiger partial charge in [-0.1, -0.05) is 44.2 Å². The van der Waals surface area contributed by atoms with Crippen LogP contribution in [0.3, 0.4) is 0 Å². The Bertz CT molecular complexity index is 1020. The minimum Gasteiger partial charge on any atom is -0.480 e. The number of benzene rings is 1. The molecular weight excluding hydrogens is 380 g/mol. The minimum atomic E-state index is -0.214. The molecule has 1 saturated heterocycles. The SMILES string of the molecule is COc1ncccc1NC(=O)N1CCC[C@H]1c1nc(-c2ccccc2)c(C(C)C)o1. The van der Waals surface area contributed by atoms with E-state index in [1.54, 1.807) is 23.2 Å². The summed E-state index contributed by atoms with van der Waals surface area (Å²) in [5.74, 6) is 2.00. The van der Waals surface area contributed by atoms with Crippen molar-refractivity contribution in [2.24, 2.45) is 0 Å². The Balaban J connectivity index is 1.61. The van der Waals surface area contributed by atoms with E-state index in [2.05, 4.69) is 24.1 Å². The number of hydrogen-bond donors (Lipinski definition) is 1. The Labute approximate surface area is 176 Å². The number of methoxy groups -OCH3 is 1. The average molecular weight is 406 g/mol. The first-order valence-corrected chi connectivity index (χ1v) is 10.2. The zero-order valence-electron chi connectivity index (χ0n) is 17.5. The molecule has 1 aromatic carbocycles. The number of carbonyl (C=O) groups excluding carboxylic acids is 1. The number of rotatable bonds is 5. The highest BCUT2D eigenvalue weighted by molar-refractivity contribution is 5.91. The molecule has 30 heavy (non-hydrogen) atoms. The molecule has 7 nitrogen and oxygen atoms in total. The molecule has 156 valence electrons. The fourth-order valence-electron chi connectivity index (χ4n) is 3.79. The van der Waals surface area contributed by atoms with Crippen molar-refractivity contribution in [3.05, 3.63) is 60.3 Å². The Kier molecular flexibility index (Phi) is 5.70. The molecule has 1 N–H and O–H groups in total. The summed E-state index contributed by atoms with van der Waals surface area (Å²) in [5, 5.41) is 2.91. The third kappa shape index (κ3) is 3.87. The van der Waals surface area contributed by atoms with E-state index in [1.165, 1.54) is 7.11 Å². The summed E-state index contributed by atoms with van der Waals surface area (Å²) in [6.07, 6.45) is 3.32. The Morgan fingerprint density at radius 2 is 2.03 bits per heavy atom. The van der Waals surface area contributed by atoms with Crippen LogP contribution < -0.4 is 10.1 Å². The number of nitrogens with zero attached hydrogens (tertiary/aromatic N) is 3. The highest BCUT2D eigenvalue weighted by Crippen LogP contribution is 2.37. The number of pyridine rings is 1. The van der Waals surface area contributed by atoms with Gasteiger partial charge in [-0.3, -0.25) is 0 Å². The van der Waals surface area contributed by atoms with Crippen molar-refractivity contribution < 1.29 is 13.9 Å². The molecule has 0 bridgehead atoms. The molecule has 0 unspecified atom stereocenters. The zero-order chi connectivity index (χ0) is 21.1. The summed E-state index contributed by atoms with van der Waals surface area (Å²) in [6, 6.07) is 13.1. The Hall–Kier alpha value is -3.35. The highest BCUT2D eigenvalue weighted by atomic mass is 16.5. The van der Waals surface area contributed by atoms with Gasteiger partial charge in [-0.25, -0.2) is 14.8 Å². The van der Waals surface area contributed by atoms with E-state index in [-0.39, 0.29) is 18.0 Å². The second kappa shape index (κ2) is 8.57. The van der Waals surface area contributed by atoms with E-state index in [9.17, 15) is 4.79 Å². The maximum Gasteiger partial charge on any atom is 0.322 e. The Morgan fingerprint density at radius 1 is 1.23 bits per heavy atom. The molecule has 1 atom stereocenters. The number of likely N-dealkylation sites (tertiary alicyclic amines) is 1. The molecule has 1 fully saturated rings. The lowest BCUT2D eigenvalue weighted by atomic mass is 10.0. The van der Waals surface area contributed by atoms with Crippen LogP contribution in [-0.4, -0.2) is 34.6 Å². The van der Waals surface area contributed by atoms with Gasteiger partial charge >= 0.3 is 6.03 Å². The first kappa shape index (κ1) is 19.9. The molecule has 2 aromatic heterocycles. The van der Waals surface area contributed by atoms with Crippen molar-refractivity contribution >= 4 is 11.7 Å². The van der Waals surface area contributed by atoms with E-state index in [0.717, 1.165) is 29.9 Å². The first-order valence-electron chi connectivity index (χ1n) is 10.2. The first-order chi connectivity index (χ1) is 14.6. The van der Waals surface area contributed by atoms with Gasteiger partial charge in [0.2, 0.25) is 11.8 Å². The third-order valence-corrected chi connectivity index (χ3v) is 5.25. The fourth-order valence-corrected chi connectivity index (χ4v) is 3.79. The van der Waals surface area contributed by atoms with Gasteiger partial charge in [0.1, 0.15) is 23.2 Å². The second-order valence-electron chi connectivity index (χ2n) is 7.63. The van der Waals surface area contributed by atoms with Crippen molar-refractivity contribution in [1.29, 1.82) is 0 Å². The molecule has 7 heteroatoms. The predicted molar refractivity (Wildman–Crippen MR) is 115 cm³/mol. The van der Waals surface area contributed by atoms with Crippen LogP contribution in [-0.2, 0) is 0 Å². The molecule has 0 spiro atoms. The number of anilines is 1. The molecule has 0 aliphatic carbocycles. The van der Waals surface area contributed by atoms with E-state index in [1.807, 2.05) is 30.3 Å². The van der Waals surface area contributed by atoms with Gasteiger partial charge in [0.05, 0.1) is 7.11 Å². The van der Waals surface area contributed by atoms with Crippen LogP contribution in [0.4, 0.5) is 10.5 Å². The summed E-state index contributed by atoms with van der Waals surface area (Å²) in [4.78, 5) is 23.8.